The standard InChI is InChI=1S/C13H17FN2O2/c1-16(8-9-2-4-10(14)5-3-9)13(18)12-6-11(17)7-15-12/h2-5,11-12,15,17H,6-8H2,1H3/t11-,12-/m0/s1. The van der Waals surface area contributed by atoms with Crippen LogP contribution in [0.5, 0.6) is 0 Å². The Kier molecular flexibility index (Phi) is 3.93. The van der Waals surface area contributed by atoms with Crippen molar-refractivity contribution < 1.29 is 14.3 Å². The number of β-amino-alcohol motifs (C(OH)–C–C–N with tert-alkyl or cyclic N) is 1. The number of aliphatic hydroxyl groups is 1. The summed E-state index contributed by atoms with van der Waals surface area (Å²) in [6, 6.07) is 5.77. The number of carbonyl (C=O) groups excluding carboxylic acids is 1. The fraction of sp³-hybridized carbons (Fsp3) is 0.462. The third-order valence-electron chi connectivity index (χ3n) is 3.11. The van der Waals surface area contributed by atoms with Crippen LogP contribution < -0.4 is 5.32 Å². The summed E-state index contributed by atoms with van der Waals surface area (Å²) in [6.45, 7) is 0.897. The van der Waals surface area contributed by atoms with E-state index in [-0.39, 0.29) is 17.8 Å². The Labute approximate surface area is 105 Å². The second-order valence-corrected chi connectivity index (χ2v) is 4.67. The number of hydrogen-bond donors (Lipinski definition) is 2. The van der Waals surface area contributed by atoms with Crippen LogP contribution in [0, 0.1) is 5.82 Å². The number of likely N-dealkylation sites (N-methyl/N-ethyl adjacent to an activating group) is 1. The minimum atomic E-state index is -0.446. The molecule has 0 unspecified atom stereocenters. The Morgan fingerprint density at radius 3 is 2.72 bits per heavy atom. The maximum Gasteiger partial charge on any atom is 0.239 e. The van der Waals surface area contributed by atoms with Crippen LogP contribution in [0.25, 0.3) is 0 Å². The van der Waals surface area contributed by atoms with Gasteiger partial charge in [-0.25, -0.2) is 4.39 Å². The Morgan fingerprint density at radius 2 is 2.17 bits per heavy atom. The molecule has 1 aliphatic rings. The predicted octanol–water partition coefficient (Wildman–Crippen LogP) is 0.507. The Hall–Kier alpha value is -1.46. The SMILES string of the molecule is CN(Cc1ccc(F)cc1)C(=O)[C@@H]1C[C@H](O)CN1. The second kappa shape index (κ2) is 5.46. The van der Waals surface area contributed by atoms with Gasteiger partial charge in [0.15, 0.2) is 0 Å². The molecule has 98 valence electrons. The number of amides is 1. The number of halogens is 1. The number of hydrogen-bond acceptors (Lipinski definition) is 3. The quantitative estimate of drug-likeness (QED) is 0.824. The van der Waals surface area contributed by atoms with E-state index in [0.717, 1.165) is 5.56 Å². The van der Waals surface area contributed by atoms with Crippen LogP contribution >= 0.6 is 0 Å². The molecule has 0 aliphatic carbocycles. The van der Waals surface area contributed by atoms with Gasteiger partial charge in [0.2, 0.25) is 5.91 Å². The summed E-state index contributed by atoms with van der Waals surface area (Å²) < 4.78 is 12.8. The van der Waals surface area contributed by atoms with Crippen LogP contribution in [0.1, 0.15) is 12.0 Å². The number of carbonyl (C=O) groups is 1. The average molecular weight is 252 g/mol. The van der Waals surface area contributed by atoms with E-state index in [2.05, 4.69) is 5.32 Å². The van der Waals surface area contributed by atoms with Gasteiger partial charge in [0.1, 0.15) is 5.82 Å². The normalized spacial score (nSPS) is 23.1. The fourth-order valence-electron chi connectivity index (χ4n) is 2.11. The summed E-state index contributed by atoms with van der Waals surface area (Å²) in [7, 11) is 1.71. The van der Waals surface area contributed by atoms with Crippen LogP contribution in [0.3, 0.4) is 0 Å². The van der Waals surface area contributed by atoms with E-state index in [1.54, 1.807) is 24.1 Å². The van der Waals surface area contributed by atoms with Crippen molar-refractivity contribution >= 4 is 5.91 Å². The summed E-state index contributed by atoms with van der Waals surface area (Å²) in [4.78, 5) is 13.6. The number of aliphatic hydroxyl groups excluding tert-OH is 1. The molecule has 1 fully saturated rings. The van der Waals surface area contributed by atoms with E-state index in [1.165, 1.54) is 12.1 Å². The molecule has 0 radical (unpaired) electrons. The highest BCUT2D eigenvalue weighted by Crippen LogP contribution is 2.11. The van der Waals surface area contributed by atoms with E-state index >= 15 is 0 Å². The van der Waals surface area contributed by atoms with Gasteiger partial charge in [-0.2, -0.15) is 0 Å². The first-order valence-electron chi connectivity index (χ1n) is 5.97. The summed E-state index contributed by atoms with van der Waals surface area (Å²) in [6.07, 6.45) is 0.00485. The van der Waals surface area contributed by atoms with Crippen molar-refractivity contribution in [1.82, 2.24) is 10.2 Å². The maximum absolute atomic E-state index is 12.8. The second-order valence-electron chi connectivity index (χ2n) is 4.67. The van der Waals surface area contributed by atoms with Crippen molar-refractivity contribution in [3.8, 4) is 0 Å². The summed E-state index contributed by atoms with van der Waals surface area (Å²) in [5, 5.41) is 12.4. The van der Waals surface area contributed by atoms with E-state index in [1.807, 2.05) is 0 Å². The lowest BCUT2D eigenvalue weighted by Crippen LogP contribution is -2.41. The largest absolute Gasteiger partial charge is 0.392 e. The van der Waals surface area contributed by atoms with Crippen molar-refractivity contribution in [1.29, 1.82) is 0 Å². The van der Waals surface area contributed by atoms with Gasteiger partial charge in [0, 0.05) is 20.1 Å². The minimum absolute atomic E-state index is 0.0455. The third-order valence-corrected chi connectivity index (χ3v) is 3.11. The van der Waals surface area contributed by atoms with Crippen LogP contribution in [-0.4, -0.2) is 41.7 Å². The molecule has 2 rings (SSSR count). The lowest BCUT2D eigenvalue weighted by atomic mass is 10.1. The molecular weight excluding hydrogens is 235 g/mol. The first-order chi connectivity index (χ1) is 8.56. The maximum atomic E-state index is 12.8. The molecular formula is C13H17FN2O2. The van der Waals surface area contributed by atoms with E-state index in [0.29, 0.717) is 19.5 Å². The van der Waals surface area contributed by atoms with Crippen LogP contribution in [0.2, 0.25) is 0 Å². The zero-order chi connectivity index (χ0) is 13.1. The molecule has 1 saturated heterocycles. The zero-order valence-corrected chi connectivity index (χ0v) is 10.3. The van der Waals surface area contributed by atoms with Gasteiger partial charge < -0.3 is 15.3 Å². The highest BCUT2D eigenvalue weighted by atomic mass is 19.1. The third kappa shape index (κ3) is 3.05. The van der Waals surface area contributed by atoms with Crippen molar-refractivity contribution in [3.63, 3.8) is 0 Å². The molecule has 1 aromatic rings. The molecule has 5 heteroatoms. The van der Waals surface area contributed by atoms with Crippen LogP contribution in [0.15, 0.2) is 24.3 Å². The minimum Gasteiger partial charge on any atom is -0.392 e. The summed E-state index contributed by atoms with van der Waals surface area (Å²) >= 11 is 0. The van der Waals surface area contributed by atoms with Gasteiger partial charge in [-0.05, 0) is 24.1 Å². The molecule has 1 heterocycles. The van der Waals surface area contributed by atoms with E-state index < -0.39 is 6.10 Å². The van der Waals surface area contributed by atoms with Gasteiger partial charge in [-0.3, -0.25) is 4.79 Å². The lowest BCUT2D eigenvalue weighted by Gasteiger charge is -2.21. The molecule has 0 aromatic heterocycles. The monoisotopic (exact) mass is 252 g/mol. The molecule has 0 spiro atoms. The van der Waals surface area contributed by atoms with Crippen molar-refractivity contribution in [2.75, 3.05) is 13.6 Å². The molecule has 1 amide bonds. The molecule has 18 heavy (non-hydrogen) atoms. The van der Waals surface area contributed by atoms with Crippen LogP contribution in [-0.2, 0) is 11.3 Å². The Morgan fingerprint density at radius 1 is 1.50 bits per heavy atom. The zero-order valence-electron chi connectivity index (χ0n) is 10.3. The first-order valence-corrected chi connectivity index (χ1v) is 5.97. The van der Waals surface area contributed by atoms with Gasteiger partial charge >= 0.3 is 0 Å². The molecule has 0 saturated carbocycles. The highest BCUT2D eigenvalue weighted by Gasteiger charge is 2.29. The van der Waals surface area contributed by atoms with Crippen molar-refractivity contribution in [3.05, 3.63) is 35.6 Å². The predicted molar refractivity (Wildman–Crippen MR) is 65.3 cm³/mol. The Balaban J connectivity index is 1.93. The Bertz CT molecular complexity index is 422. The molecule has 0 bridgehead atoms. The number of benzene rings is 1. The topological polar surface area (TPSA) is 52.6 Å². The molecule has 4 nitrogen and oxygen atoms in total. The van der Waals surface area contributed by atoms with E-state index in [4.69, 9.17) is 0 Å². The van der Waals surface area contributed by atoms with Gasteiger partial charge in [0.25, 0.3) is 0 Å². The molecule has 1 aliphatic heterocycles. The highest BCUT2D eigenvalue weighted by molar-refractivity contribution is 5.82. The molecule has 1 aromatic carbocycles. The summed E-state index contributed by atoms with van der Waals surface area (Å²) in [5.41, 5.74) is 0.880. The van der Waals surface area contributed by atoms with Crippen molar-refractivity contribution in [2.45, 2.75) is 25.1 Å². The van der Waals surface area contributed by atoms with E-state index in [9.17, 15) is 14.3 Å². The smallest absolute Gasteiger partial charge is 0.239 e. The van der Waals surface area contributed by atoms with Crippen LogP contribution in [0.4, 0.5) is 4.39 Å². The average Bonchev–Trinajstić information content (AvgIpc) is 2.78. The fourth-order valence-corrected chi connectivity index (χ4v) is 2.11. The first kappa shape index (κ1) is 13.0. The number of nitrogens with one attached hydrogen (secondary N) is 1. The van der Waals surface area contributed by atoms with Gasteiger partial charge in [-0.15, -0.1) is 0 Å². The lowest BCUT2D eigenvalue weighted by molar-refractivity contribution is -0.132. The van der Waals surface area contributed by atoms with Gasteiger partial charge in [0.05, 0.1) is 12.1 Å². The molecule has 2 atom stereocenters. The summed E-state index contributed by atoms with van der Waals surface area (Å²) in [5.74, 6) is -0.329. The number of rotatable bonds is 3. The number of nitrogens with zero attached hydrogens (tertiary/aromatic N) is 1. The molecule has 2 N–H and O–H groups in total. The van der Waals surface area contributed by atoms with Crippen molar-refractivity contribution in [2.24, 2.45) is 0 Å². The van der Waals surface area contributed by atoms with Gasteiger partial charge in [-0.1, -0.05) is 12.1 Å².